The van der Waals surface area contributed by atoms with Gasteiger partial charge in [0.15, 0.2) is 0 Å². The first-order valence-electron chi connectivity index (χ1n) is 7.93. The van der Waals surface area contributed by atoms with E-state index >= 15 is 0 Å². The Kier molecular flexibility index (Phi) is 5.71. The zero-order valence-electron chi connectivity index (χ0n) is 12.3. The zero-order valence-corrected chi connectivity index (χ0v) is 12.3. The van der Waals surface area contributed by atoms with Crippen LogP contribution in [0.25, 0.3) is 0 Å². The molecule has 2 atom stereocenters. The molecule has 0 amide bonds. The Morgan fingerprint density at radius 1 is 1.44 bits per heavy atom. The summed E-state index contributed by atoms with van der Waals surface area (Å²) in [7, 11) is 0. The number of allylic oxidation sites excluding steroid dienone is 1. The third-order valence-electron chi connectivity index (χ3n) is 4.74. The number of likely N-dealkylation sites (tertiary alicyclic amines) is 1. The minimum absolute atomic E-state index is 0.682. The highest BCUT2D eigenvalue weighted by Crippen LogP contribution is 2.21. The molecule has 0 aromatic carbocycles. The molecule has 1 aliphatic heterocycles. The molecule has 2 heteroatoms. The molecule has 2 nitrogen and oxygen atoms in total. The van der Waals surface area contributed by atoms with Crippen LogP contribution in [0.2, 0.25) is 0 Å². The second kappa shape index (κ2) is 7.30. The second-order valence-corrected chi connectivity index (χ2v) is 6.04. The van der Waals surface area contributed by atoms with Gasteiger partial charge in [0.1, 0.15) is 0 Å². The highest BCUT2D eigenvalue weighted by molar-refractivity contribution is 5.07. The number of piperidine rings is 1. The Hall–Kier alpha value is -0.340. The lowest BCUT2D eigenvalue weighted by atomic mass is 9.91. The van der Waals surface area contributed by atoms with Crippen molar-refractivity contribution in [3.8, 4) is 0 Å². The second-order valence-electron chi connectivity index (χ2n) is 6.04. The molecular weight excluding hydrogens is 220 g/mol. The highest BCUT2D eigenvalue weighted by Gasteiger charge is 2.23. The number of nitrogens with one attached hydrogen (secondary N) is 1. The normalized spacial score (nSPS) is 27.2. The Balaban J connectivity index is 1.65. The number of hydrogen-bond donors (Lipinski definition) is 1. The van der Waals surface area contributed by atoms with E-state index in [2.05, 4.69) is 30.1 Å². The van der Waals surface area contributed by atoms with Crippen molar-refractivity contribution in [2.24, 2.45) is 5.92 Å². The van der Waals surface area contributed by atoms with Gasteiger partial charge in [-0.15, -0.1) is 0 Å². The molecule has 1 saturated heterocycles. The van der Waals surface area contributed by atoms with Gasteiger partial charge in [0.2, 0.25) is 0 Å². The Morgan fingerprint density at radius 2 is 2.33 bits per heavy atom. The highest BCUT2D eigenvalue weighted by atomic mass is 15.1. The first-order chi connectivity index (χ1) is 8.79. The topological polar surface area (TPSA) is 15.3 Å². The maximum atomic E-state index is 3.76. The SMILES string of the molecule is CCN1CCCC(C(C)NCCC2=CCCC2)C1. The lowest BCUT2D eigenvalue weighted by molar-refractivity contribution is 0.157. The molecule has 1 heterocycles. The van der Waals surface area contributed by atoms with E-state index in [4.69, 9.17) is 0 Å². The lowest BCUT2D eigenvalue weighted by Crippen LogP contribution is -2.44. The van der Waals surface area contributed by atoms with Crippen molar-refractivity contribution in [2.45, 2.75) is 58.4 Å². The van der Waals surface area contributed by atoms with E-state index in [-0.39, 0.29) is 0 Å². The molecule has 0 aromatic heterocycles. The van der Waals surface area contributed by atoms with Crippen molar-refractivity contribution < 1.29 is 0 Å². The maximum Gasteiger partial charge on any atom is 0.00793 e. The molecule has 18 heavy (non-hydrogen) atoms. The standard InChI is InChI=1S/C16H30N2/c1-3-18-12-6-9-16(13-18)14(2)17-11-10-15-7-4-5-8-15/h7,14,16-17H,3-6,8-13H2,1-2H3. The summed E-state index contributed by atoms with van der Waals surface area (Å²) in [5.41, 5.74) is 1.69. The fourth-order valence-corrected chi connectivity index (χ4v) is 3.38. The summed E-state index contributed by atoms with van der Waals surface area (Å²) < 4.78 is 0. The van der Waals surface area contributed by atoms with Gasteiger partial charge in [-0.1, -0.05) is 18.6 Å². The fourth-order valence-electron chi connectivity index (χ4n) is 3.38. The van der Waals surface area contributed by atoms with E-state index in [1.54, 1.807) is 5.57 Å². The molecule has 0 radical (unpaired) electrons. The molecule has 2 unspecified atom stereocenters. The Morgan fingerprint density at radius 3 is 3.06 bits per heavy atom. The van der Waals surface area contributed by atoms with Gasteiger partial charge in [0, 0.05) is 12.6 Å². The largest absolute Gasteiger partial charge is 0.314 e. The van der Waals surface area contributed by atoms with Crippen LogP contribution in [0, 0.1) is 5.92 Å². The molecule has 0 bridgehead atoms. The van der Waals surface area contributed by atoms with E-state index < -0.39 is 0 Å². The van der Waals surface area contributed by atoms with Crippen LogP contribution < -0.4 is 5.32 Å². The van der Waals surface area contributed by atoms with Crippen molar-refractivity contribution in [3.63, 3.8) is 0 Å². The first kappa shape index (κ1) is 14.1. The summed E-state index contributed by atoms with van der Waals surface area (Å²) >= 11 is 0. The summed E-state index contributed by atoms with van der Waals surface area (Å²) in [6.45, 7) is 9.67. The van der Waals surface area contributed by atoms with Crippen LogP contribution in [-0.4, -0.2) is 37.1 Å². The average Bonchev–Trinajstić information content (AvgIpc) is 2.92. The number of nitrogens with zero attached hydrogens (tertiary/aromatic N) is 1. The van der Waals surface area contributed by atoms with Gasteiger partial charge in [0.25, 0.3) is 0 Å². The van der Waals surface area contributed by atoms with Crippen molar-refractivity contribution in [2.75, 3.05) is 26.2 Å². The third kappa shape index (κ3) is 4.10. The molecule has 1 aliphatic carbocycles. The maximum absolute atomic E-state index is 3.76. The average molecular weight is 250 g/mol. The molecule has 1 fully saturated rings. The Labute approximate surface area is 113 Å². The molecule has 2 rings (SSSR count). The van der Waals surface area contributed by atoms with Gasteiger partial charge < -0.3 is 10.2 Å². The van der Waals surface area contributed by atoms with E-state index in [1.807, 2.05) is 0 Å². The number of hydrogen-bond acceptors (Lipinski definition) is 2. The summed E-state index contributed by atoms with van der Waals surface area (Å²) in [5.74, 6) is 0.858. The van der Waals surface area contributed by atoms with Gasteiger partial charge in [-0.25, -0.2) is 0 Å². The zero-order chi connectivity index (χ0) is 12.8. The third-order valence-corrected chi connectivity index (χ3v) is 4.74. The van der Waals surface area contributed by atoms with Gasteiger partial charge in [0.05, 0.1) is 0 Å². The van der Waals surface area contributed by atoms with E-state index in [0.717, 1.165) is 5.92 Å². The minimum atomic E-state index is 0.682. The number of rotatable bonds is 6. The summed E-state index contributed by atoms with van der Waals surface area (Å²) in [6, 6.07) is 0.682. The molecule has 104 valence electrons. The summed E-state index contributed by atoms with van der Waals surface area (Å²) in [6.07, 6.45) is 10.6. The van der Waals surface area contributed by atoms with Crippen molar-refractivity contribution in [3.05, 3.63) is 11.6 Å². The summed E-state index contributed by atoms with van der Waals surface area (Å²) in [4.78, 5) is 2.60. The molecule has 2 aliphatic rings. The summed E-state index contributed by atoms with van der Waals surface area (Å²) in [5, 5.41) is 3.76. The van der Waals surface area contributed by atoms with Gasteiger partial charge in [-0.05, 0) is 71.0 Å². The molecule has 0 aromatic rings. The van der Waals surface area contributed by atoms with Crippen molar-refractivity contribution >= 4 is 0 Å². The van der Waals surface area contributed by atoms with Crippen LogP contribution in [0.3, 0.4) is 0 Å². The van der Waals surface area contributed by atoms with Crippen molar-refractivity contribution in [1.82, 2.24) is 10.2 Å². The quantitative estimate of drug-likeness (QED) is 0.728. The molecule has 1 N–H and O–H groups in total. The van der Waals surface area contributed by atoms with E-state index in [9.17, 15) is 0 Å². The lowest BCUT2D eigenvalue weighted by Gasteiger charge is -2.35. The van der Waals surface area contributed by atoms with Gasteiger partial charge in [-0.3, -0.25) is 0 Å². The van der Waals surface area contributed by atoms with Gasteiger partial charge >= 0.3 is 0 Å². The van der Waals surface area contributed by atoms with Gasteiger partial charge in [-0.2, -0.15) is 0 Å². The van der Waals surface area contributed by atoms with Crippen LogP contribution >= 0.6 is 0 Å². The molecule has 0 spiro atoms. The molecule has 0 saturated carbocycles. The van der Waals surface area contributed by atoms with Crippen LogP contribution in [0.15, 0.2) is 11.6 Å². The molecular formula is C16H30N2. The smallest absolute Gasteiger partial charge is 0.00793 e. The first-order valence-corrected chi connectivity index (χ1v) is 7.93. The van der Waals surface area contributed by atoms with Crippen LogP contribution in [0.5, 0.6) is 0 Å². The van der Waals surface area contributed by atoms with Crippen LogP contribution in [0.1, 0.15) is 52.4 Å². The fraction of sp³-hybridized carbons (Fsp3) is 0.875. The van der Waals surface area contributed by atoms with E-state index in [0.29, 0.717) is 6.04 Å². The van der Waals surface area contributed by atoms with Crippen LogP contribution in [0.4, 0.5) is 0 Å². The predicted octanol–water partition coefficient (Wildman–Crippen LogP) is 3.20. The van der Waals surface area contributed by atoms with Crippen molar-refractivity contribution in [1.29, 1.82) is 0 Å². The monoisotopic (exact) mass is 250 g/mol. The Bertz CT molecular complexity index is 272. The predicted molar refractivity (Wildman–Crippen MR) is 78.9 cm³/mol. The van der Waals surface area contributed by atoms with Crippen LogP contribution in [-0.2, 0) is 0 Å². The minimum Gasteiger partial charge on any atom is -0.314 e. The van der Waals surface area contributed by atoms with E-state index in [1.165, 1.54) is 64.7 Å².